The van der Waals surface area contributed by atoms with Crippen molar-refractivity contribution in [3.05, 3.63) is 89.8 Å². The Kier molecular flexibility index (Phi) is 5.89. The molecule has 2 aromatic heterocycles. The van der Waals surface area contributed by atoms with E-state index in [2.05, 4.69) is 15.3 Å². The summed E-state index contributed by atoms with van der Waals surface area (Å²) in [5, 5.41) is 13.0. The number of hydrogen-bond acceptors (Lipinski definition) is 6. The van der Waals surface area contributed by atoms with Gasteiger partial charge >= 0.3 is 0 Å². The van der Waals surface area contributed by atoms with Crippen molar-refractivity contribution in [3.63, 3.8) is 0 Å². The van der Waals surface area contributed by atoms with E-state index in [0.29, 0.717) is 34.8 Å². The van der Waals surface area contributed by atoms with Crippen molar-refractivity contribution >= 4 is 22.5 Å². The summed E-state index contributed by atoms with van der Waals surface area (Å²) < 4.78 is 36.5. The Morgan fingerprint density at radius 2 is 1.72 bits per heavy atom. The number of phenols is 1. The second-order valence-corrected chi connectivity index (χ2v) is 8.31. The number of methoxy groups -OCH3 is 1. The number of aryl methyl sites for hydroxylation is 1. The van der Waals surface area contributed by atoms with Gasteiger partial charge in [0.25, 0.3) is 0 Å². The van der Waals surface area contributed by atoms with Crippen LogP contribution in [-0.2, 0) is 6.54 Å². The molecule has 0 bridgehead atoms. The zero-order chi connectivity index (χ0) is 25.4. The van der Waals surface area contributed by atoms with Crippen LogP contribution in [0.1, 0.15) is 11.1 Å². The van der Waals surface area contributed by atoms with Crippen LogP contribution >= 0.6 is 0 Å². The zero-order valence-electron chi connectivity index (χ0n) is 19.6. The number of nitrogens with one attached hydrogen (secondary N) is 1. The Morgan fingerprint density at radius 1 is 1.00 bits per heavy atom. The van der Waals surface area contributed by atoms with E-state index >= 15 is 4.39 Å². The predicted molar refractivity (Wildman–Crippen MR) is 135 cm³/mol. The molecule has 182 valence electrons. The molecule has 0 fully saturated rings. The summed E-state index contributed by atoms with van der Waals surface area (Å²) in [6.45, 7) is 2.28. The van der Waals surface area contributed by atoms with Gasteiger partial charge in [0.2, 0.25) is 0 Å². The van der Waals surface area contributed by atoms with Crippen molar-refractivity contribution in [2.24, 2.45) is 0 Å². The van der Waals surface area contributed by atoms with Crippen molar-refractivity contribution in [2.75, 3.05) is 18.2 Å². The number of aromatic hydroxyl groups is 1. The lowest BCUT2D eigenvalue weighted by atomic mass is 10.1. The summed E-state index contributed by atoms with van der Waals surface area (Å²) in [5.74, 6) is -1.34. The van der Waals surface area contributed by atoms with Crippen LogP contribution in [-0.4, -0.2) is 26.8 Å². The number of anilines is 2. The van der Waals surface area contributed by atoms with Crippen LogP contribution < -0.4 is 15.8 Å². The molecule has 0 unspecified atom stereocenters. The number of hydrogen-bond donors (Lipinski definition) is 3. The average molecular weight is 488 g/mol. The normalized spacial score (nSPS) is 11.1. The molecule has 2 heterocycles. The monoisotopic (exact) mass is 487 g/mol. The summed E-state index contributed by atoms with van der Waals surface area (Å²) in [6, 6.07) is 16.3. The summed E-state index contributed by atoms with van der Waals surface area (Å²) in [4.78, 5) is 8.88. The number of fused-ring (bicyclic) bond motifs is 1. The third-order valence-electron chi connectivity index (χ3n) is 6.04. The van der Waals surface area contributed by atoms with E-state index in [9.17, 15) is 9.50 Å². The van der Waals surface area contributed by atoms with Crippen LogP contribution in [0, 0.1) is 18.6 Å². The molecule has 0 aliphatic carbocycles. The van der Waals surface area contributed by atoms with E-state index in [1.807, 2.05) is 31.2 Å². The molecule has 0 aliphatic heterocycles. The third-order valence-corrected chi connectivity index (χ3v) is 6.04. The third kappa shape index (κ3) is 4.04. The zero-order valence-corrected chi connectivity index (χ0v) is 19.6. The summed E-state index contributed by atoms with van der Waals surface area (Å²) >= 11 is 0. The molecule has 3 aromatic carbocycles. The molecule has 9 heteroatoms. The van der Waals surface area contributed by atoms with Gasteiger partial charge in [-0.3, -0.25) is 0 Å². The quantitative estimate of drug-likeness (QED) is 0.271. The van der Waals surface area contributed by atoms with Crippen LogP contribution in [0.15, 0.2) is 67.0 Å². The van der Waals surface area contributed by atoms with E-state index in [1.54, 1.807) is 35.9 Å². The van der Waals surface area contributed by atoms with Crippen LogP contribution in [0.2, 0.25) is 0 Å². The van der Waals surface area contributed by atoms with E-state index < -0.39 is 17.4 Å². The Morgan fingerprint density at radius 3 is 2.42 bits per heavy atom. The van der Waals surface area contributed by atoms with Gasteiger partial charge in [0.15, 0.2) is 23.2 Å². The first-order valence-corrected chi connectivity index (χ1v) is 11.1. The van der Waals surface area contributed by atoms with Gasteiger partial charge in [-0.05, 0) is 42.3 Å². The molecule has 0 spiro atoms. The molecular formula is C27H23F2N5O2. The van der Waals surface area contributed by atoms with Crippen molar-refractivity contribution in [2.45, 2.75) is 13.5 Å². The number of nitrogens with two attached hydrogens (primary N) is 1. The number of benzene rings is 3. The van der Waals surface area contributed by atoms with Crippen LogP contribution in [0.4, 0.5) is 20.3 Å². The maximum absolute atomic E-state index is 15.2. The smallest absolute Gasteiger partial charge is 0.167 e. The second kappa shape index (κ2) is 9.18. The number of ether oxygens (including phenoxy) is 1. The second-order valence-electron chi connectivity index (χ2n) is 8.31. The van der Waals surface area contributed by atoms with Crippen molar-refractivity contribution < 1.29 is 18.6 Å². The molecule has 7 nitrogen and oxygen atoms in total. The van der Waals surface area contributed by atoms with Crippen molar-refractivity contribution in [1.29, 1.82) is 0 Å². The van der Waals surface area contributed by atoms with Crippen LogP contribution in [0.25, 0.3) is 28.0 Å². The Labute approximate surface area is 205 Å². The minimum absolute atomic E-state index is 0.0856. The first-order valence-electron chi connectivity index (χ1n) is 11.1. The lowest BCUT2D eigenvalue weighted by Gasteiger charge is -2.15. The van der Waals surface area contributed by atoms with Gasteiger partial charge in [0.05, 0.1) is 24.0 Å². The largest absolute Gasteiger partial charge is 0.505 e. The molecule has 0 radical (unpaired) electrons. The van der Waals surface area contributed by atoms with Gasteiger partial charge in [0.1, 0.15) is 17.6 Å². The highest BCUT2D eigenvalue weighted by Gasteiger charge is 2.24. The Balaban J connectivity index is 1.73. The molecule has 0 saturated heterocycles. The fourth-order valence-electron chi connectivity index (χ4n) is 4.24. The minimum atomic E-state index is -0.946. The molecule has 4 N–H and O–H groups in total. The maximum Gasteiger partial charge on any atom is 0.167 e. The molecule has 36 heavy (non-hydrogen) atoms. The highest BCUT2D eigenvalue weighted by molar-refractivity contribution is 5.96. The topological polar surface area (TPSA) is 98.2 Å². The molecule has 0 saturated carbocycles. The first-order chi connectivity index (χ1) is 17.4. The molecule has 0 atom stereocenters. The lowest BCUT2D eigenvalue weighted by molar-refractivity contribution is 0.414. The predicted octanol–water partition coefficient (Wildman–Crippen LogP) is 5.58. The summed E-state index contributed by atoms with van der Waals surface area (Å²) in [7, 11) is 1.60. The average Bonchev–Trinajstić information content (AvgIpc) is 3.18. The van der Waals surface area contributed by atoms with Crippen molar-refractivity contribution in [3.8, 4) is 28.4 Å². The van der Waals surface area contributed by atoms with Crippen LogP contribution in [0.3, 0.4) is 0 Å². The van der Waals surface area contributed by atoms with Gasteiger partial charge in [-0.15, -0.1) is 0 Å². The number of phenolic OH excluding ortho intramolecular Hbond substituents is 1. The van der Waals surface area contributed by atoms with E-state index in [-0.39, 0.29) is 5.69 Å². The standard InChI is InChI=1S/C27H23F2N5O2/c1-15-24-26(27(33-14-32-24)31-13-16-3-9-19(36-2)10-4-16)34(22-11-21(29)23(35)12-20(22)28)25(15)17-5-7-18(30)8-6-17/h3-12,14,35H,13,30H2,1-2H3,(H,31,32,33). The molecular weight excluding hydrogens is 464 g/mol. The molecule has 5 aromatic rings. The number of aromatic nitrogens is 3. The van der Waals surface area contributed by atoms with Gasteiger partial charge < -0.3 is 25.5 Å². The van der Waals surface area contributed by atoms with E-state index in [1.165, 1.54) is 6.33 Å². The first kappa shape index (κ1) is 23.1. The summed E-state index contributed by atoms with van der Waals surface area (Å²) in [5.41, 5.74) is 10.5. The van der Waals surface area contributed by atoms with Gasteiger partial charge in [-0.25, -0.2) is 18.7 Å². The fourth-order valence-corrected chi connectivity index (χ4v) is 4.24. The molecule has 5 rings (SSSR count). The van der Waals surface area contributed by atoms with Gasteiger partial charge in [0, 0.05) is 29.9 Å². The number of nitrogens with zero attached hydrogens (tertiary/aromatic N) is 3. The van der Waals surface area contributed by atoms with Crippen LogP contribution in [0.5, 0.6) is 11.5 Å². The van der Waals surface area contributed by atoms with Gasteiger partial charge in [-0.1, -0.05) is 24.3 Å². The SMILES string of the molecule is COc1ccc(CNc2ncnc3c(C)c(-c4ccc(N)cc4)n(-c4cc(F)c(O)cc4F)c23)cc1. The maximum atomic E-state index is 15.2. The Bertz CT molecular complexity index is 1560. The molecule has 0 aliphatic rings. The lowest BCUT2D eigenvalue weighted by Crippen LogP contribution is -2.07. The number of rotatable bonds is 6. The summed E-state index contributed by atoms with van der Waals surface area (Å²) in [6.07, 6.45) is 1.43. The molecule has 0 amide bonds. The number of halogens is 2. The van der Waals surface area contributed by atoms with E-state index in [4.69, 9.17) is 10.5 Å². The van der Waals surface area contributed by atoms with Crippen molar-refractivity contribution in [1.82, 2.24) is 14.5 Å². The van der Waals surface area contributed by atoms with E-state index in [0.717, 1.165) is 34.6 Å². The minimum Gasteiger partial charge on any atom is -0.505 e. The Hall–Kier alpha value is -4.66. The van der Waals surface area contributed by atoms with Gasteiger partial charge in [-0.2, -0.15) is 0 Å². The highest BCUT2D eigenvalue weighted by atomic mass is 19.1. The number of nitrogen functional groups attached to an aromatic ring is 1. The fraction of sp³-hybridized carbons (Fsp3) is 0.111. The highest BCUT2D eigenvalue weighted by Crippen LogP contribution is 2.39.